The normalized spacial score (nSPS) is 24.1. The van der Waals surface area contributed by atoms with Crippen molar-refractivity contribution in [3.05, 3.63) is 34.9 Å². The first kappa shape index (κ1) is 10.9. The molecule has 0 fully saturated rings. The minimum Gasteiger partial charge on any atom is -0.462 e. The summed E-state index contributed by atoms with van der Waals surface area (Å²) in [4.78, 5) is 3.99. The van der Waals surface area contributed by atoms with E-state index in [0.717, 1.165) is 12.1 Å². The number of ether oxygens (including phenoxy) is 1. The van der Waals surface area contributed by atoms with Gasteiger partial charge in [-0.25, -0.2) is 13.8 Å². The molecule has 1 aromatic rings. The van der Waals surface area contributed by atoms with Gasteiger partial charge in [-0.2, -0.15) is 0 Å². The molecule has 1 aliphatic heterocycles. The molecule has 1 aromatic carbocycles. The van der Waals surface area contributed by atoms with Gasteiger partial charge in [0.05, 0.1) is 0 Å². The number of halogens is 2. The molecule has 0 aromatic heterocycles. The van der Waals surface area contributed by atoms with Gasteiger partial charge >= 0.3 is 0 Å². The quantitative estimate of drug-likeness (QED) is 0.794. The van der Waals surface area contributed by atoms with Gasteiger partial charge in [-0.1, -0.05) is 0 Å². The Balaban J connectivity index is 2.53. The van der Waals surface area contributed by atoms with Gasteiger partial charge in [-0.05, 0) is 31.5 Å². The van der Waals surface area contributed by atoms with E-state index in [0.29, 0.717) is 0 Å². The van der Waals surface area contributed by atoms with E-state index in [4.69, 9.17) is 10.5 Å². The lowest BCUT2D eigenvalue weighted by Gasteiger charge is -2.19. The lowest BCUT2D eigenvalue weighted by atomic mass is 9.92. The van der Waals surface area contributed by atoms with E-state index in [-0.39, 0.29) is 23.8 Å². The Labute approximate surface area is 91.9 Å². The van der Waals surface area contributed by atoms with Gasteiger partial charge in [0.2, 0.25) is 0 Å². The van der Waals surface area contributed by atoms with E-state index >= 15 is 0 Å². The minimum atomic E-state index is -0.942. The van der Waals surface area contributed by atoms with Crippen molar-refractivity contribution in [2.24, 2.45) is 10.7 Å². The van der Waals surface area contributed by atoms with Crippen LogP contribution in [-0.4, -0.2) is 12.6 Å². The van der Waals surface area contributed by atoms with Crippen LogP contribution in [-0.2, 0) is 10.3 Å². The fourth-order valence-electron chi connectivity index (χ4n) is 1.72. The molecule has 86 valence electrons. The number of aryl methyl sites for hydroxylation is 1. The molecule has 3 nitrogen and oxygen atoms in total. The van der Waals surface area contributed by atoms with Gasteiger partial charge in [-0.3, -0.25) is 0 Å². The first-order valence-corrected chi connectivity index (χ1v) is 4.86. The number of hydrogen-bond donors (Lipinski definition) is 1. The Morgan fingerprint density at radius 2 is 2.06 bits per heavy atom. The molecule has 2 N–H and O–H groups in total. The summed E-state index contributed by atoms with van der Waals surface area (Å²) in [5, 5.41) is 0. The third-order valence-corrected chi connectivity index (χ3v) is 2.69. The highest BCUT2D eigenvalue weighted by Gasteiger charge is 2.35. The third kappa shape index (κ3) is 1.62. The number of nitrogens with zero attached hydrogens (tertiary/aromatic N) is 1. The maximum atomic E-state index is 13.7. The predicted octanol–water partition coefficient (Wildman–Crippen LogP) is 1.83. The van der Waals surface area contributed by atoms with Crippen molar-refractivity contribution < 1.29 is 13.5 Å². The van der Waals surface area contributed by atoms with Crippen LogP contribution in [0.25, 0.3) is 0 Å². The zero-order valence-corrected chi connectivity index (χ0v) is 9.05. The second kappa shape index (κ2) is 3.43. The van der Waals surface area contributed by atoms with Crippen LogP contribution in [0.5, 0.6) is 0 Å². The van der Waals surface area contributed by atoms with Crippen molar-refractivity contribution in [3.8, 4) is 0 Å². The highest BCUT2D eigenvalue weighted by Crippen LogP contribution is 2.32. The molecular weight excluding hydrogens is 214 g/mol. The zero-order chi connectivity index (χ0) is 11.9. The van der Waals surface area contributed by atoms with Crippen molar-refractivity contribution in [1.29, 1.82) is 0 Å². The number of rotatable bonds is 1. The molecule has 2 rings (SSSR count). The largest absolute Gasteiger partial charge is 0.462 e. The van der Waals surface area contributed by atoms with Crippen molar-refractivity contribution in [1.82, 2.24) is 0 Å². The second-order valence-corrected chi connectivity index (χ2v) is 4.09. The number of nitrogens with two attached hydrogens (primary N) is 1. The summed E-state index contributed by atoms with van der Waals surface area (Å²) in [6, 6.07) is 2.30. The van der Waals surface area contributed by atoms with Crippen LogP contribution in [0.4, 0.5) is 8.78 Å². The predicted molar refractivity (Wildman–Crippen MR) is 56.0 cm³/mol. The Bertz CT molecular complexity index is 473. The van der Waals surface area contributed by atoms with Crippen LogP contribution in [0.3, 0.4) is 0 Å². The first-order chi connectivity index (χ1) is 7.42. The number of amidine groups is 1. The molecular formula is C11H12F2N2O. The standard InChI is InChI=1S/C11H12F2N2O/c1-6-3-9(13)7(4-8(6)12)11(2)5-16-10(14)15-11/h3-4H,5H2,1-2H3,(H2,14,15). The zero-order valence-electron chi connectivity index (χ0n) is 9.05. The molecule has 0 radical (unpaired) electrons. The summed E-state index contributed by atoms with van der Waals surface area (Å²) in [6.07, 6.45) is 0. The number of hydrogen-bond acceptors (Lipinski definition) is 3. The number of aliphatic imine (C=N–C) groups is 1. The van der Waals surface area contributed by atoms with Gasteiger partial charge in [0.25, 0.3) is 6.02 Å². The minimum absolute atomic E-state index is 0.00267. The van der Waals surface area contributed by atoms with Crippen molar-refractivity contribution in [2.75, 3.05) is 6.61 Å². The van der Waals surface area contributed by atoms with E-state index in [1.807, 2.05) is 0 Å². The summed E-state index contributed by atoms with van der Waals surface area (Å²) < 4.78 is 32.1. The smallest absolute Gasteiger partial charge is 0.283 e. The van der Waals surface area contributed by atoms with Crippen LogP contribution in [0.1, 0.15) is 18.1 Å². The highest BCUT2D eigenvalue weighted by molar-refractivity contribution is 5.74. The lowest BCUT2D eigenvalue weighted by molar-refractivity contribution is 0.262. The Hall–Kier alpha value is -1.65. The molecule has 1 aliphatic rings. The molecule has 16 heavy (non-hydrogen) atoms. The topological polar surface area (TPSA) is 47.6 Å². The third-order valence-electron chi connectivity index (χ3n) is 2.69. The van der Waals surface area contributed by atoms with Crippen LogP contribution in [0.15, 0.2) is 17.1 Å². The second-order valence-electron chi connectivity index (χ2n) is 4.09. The molecule has 0 aliphatic carbocycles. The summed E-state index contributed by atoms with van der Waals surface area (Å²) in [5.74, 6) is -0.957. The molecule has 1 heterocycles. The van der Waals surface area contributed by atoms with Crippen molar-refractivity contribution in [2.45, 2.75) is 19.4 Å². The molecule has 1 unspecified atom stereocenters. The Morgan fingerprint density at radius 3 is 2.62 bits per heavy atom. The van der Waals surface area contributed by atoms with Gasteiger partial charge in [0.1, 0.15) is 23.8 Å². The van der Waals surface area contributed by atoms with Crippen molar-refractivity contribution >= 4 is 6.02 Å². The van der Waals surface area contributed by atoms with E-state index in [2.05, 4.69) is 4.99 Å². The van der Waals surface area contributed by atoms with Crippen LogP contribution < -0.4 is 5.73 Å². The molecule has 0 bridgehead atoms. The van der Waals surface area contributed by atoms with E-state index in [1.165, 1.54) is 6.92 Å². The molecule has 0 saturated heterocycles. The molecule has 0 saturated carbocycles. The van der Waals surface area contributed by atoms with Crippen LogP contribution in [0.2, 0.25) is 0 Å². The van der Waals surface area contributed by atoms with Crippen LogP contribution >= 0.6 is 0 Å². The Morgan fingerprint density at radius 1 is 1.38 bits per heavy atom. The summed E-state index contributed by atoms with van der Waals surface area (Å²) in [6.45, 7) is 3.28. The summed E-state index contributed by atoms with van der Waals surface area (Å²) >= 11 is 0. The highest BCUT2D eigenvalue weighted by atomic mass is 19.1. The van der Waals surface area contributed by atoms with Crippen LogP contribution in [0, 0.1) is 18.6 Å². The van der Waals surface area contributed by atoms with E-state index in [9.17, 15) is 8.78 Å². The number of benzene rings is 1. The fourth-order valence-corrected chi connectivity index (χ4v) is 1.72. The first-order valence-electron chi connectivity index (χ1n) is 4.86. The molecule has 0 amide bonds. The molecule has 5 heteroatoms. The SMILES string of the molecule is Cc1cc(F)c(C2(C)COC(N)=N2)cc1F. The summed E-state index contributed by atoms with van der Waals surface area (Å²) in [7, 11) is 0. The Kier molecular flexibility index (Phi) is 2.33. The van der Waals surface area contributed by atoms with Crippen molar-refractivity contribution in [3.63, 3.8) is 0 Å². The average molecular weight is 226 g/mol. The summed E-state index contributed by atoms with van der Waals surface area (Å²) in [5.41, 5.74) is 4.86. The molecule has 1 atom stereocenters. The van der Waals surface area contributed by atoms with E-state index < -0.39 is 17.2 Å². The maximum absolute atomic E-state index is 13.7. The monoisotopic (exact) mass is 226 g/mol. The maximum Gasteiger partial charge on any atom is 0.283 e. The fraction of sp³-hybridized carbons (Fsp3) is 0.364. The molecule has 0 spiro atoms. The average Bonchev–Trinajstić information content (AvgIpc) is 2.53. The van der Waals surface area contributed by atoms with Gasteiger partial charge in [0, 0.05) is 5.56 Å². The van der Waals surface area contributed by atoms with Gasteiger partial charge in [-0.15, -0.1) is 0 Å². The van der Waals surface area contributed by atoms with Gasteiger partial charge < -0.3 is 10.5 Å². The van der Waals surface area contributed by atoms with E-state index in [1.54, 1.807) is 6.92 Å². The van der Waals surface area contributed by atoms with Gasteiger partial charge in [0.15, 0.2) is 0 Å². The lowest BCUT2D eigenvalue weighted by Crippen LogP contribution is -2.22.